The lowest BCUT2D eigenvalue weighted by Gasteiger charge is -2.32. The molecule has 1 N–H and O–H groups in total. The first-order chi connectivity index (χ1) is 8.70. The molecule has 98 valence electrons. The molecule has 18 heavy (non-hydrogen) atoms. The summed E-state index contributed by atoms with van der Waals surface area (Å²) in [5, 5.41) is 8.94. The van der Waals surface area contributed by atoms with E-state index >= 15 is 0 Å². The van der Waals surface area contributed by atoms with Crippen LogP contribution in [0, 0.1) is 11.7 Å². The van der Waals surface area contributed by atoms with E-state index in [9.17, 15) is 9.18 Å². The van der Waals surface area contributed by atoms with Crippen LogP contribution < -0.4 is 0 Å². The maximum Gasteiger partial charge on any atom is 0.253 e. The van der Waals surface area contributed by atoms with Crippen LogP contribution in [0.2, 0.25) is 0 Å². The minimum Gasteiger partial charge on any atom is -0.396 e. The van der Waals surface area contributed by atoms with Gasteiger partial charge < -0.3 is 10.0 Å². The van der Waals surface area contributed by atoms with Crippen LogP contribution in [0.15, 0.2) is 24.3 Å². The zero-order chi connectivity index (χ0) is 13.0. The van der Waals surface area contributed by atoms with Crippen molar-refractivity contribution in [1.82, 2.24) is 4.90 Å². The molecule has 0 aliphatic carbocycles. The van der Waals surface area contributed by atoms with Crippen molar-refractivity contribution in [2.24, 2.45) is 5.92 Å². The summed E-state index contributed by atoms with van der Waals surface area (Å²) in [6.07, 6.45) is 2.73. The zero-order valence-corrected chi connectivity index (χ0v) is 10.3. The summed E-state index contributed by atoms with van der Waals surface area (Å²) >= 11 is 0. The van der Waals surface area contributed by atoms with Crippen molar-refractivity contribution in [3.8, 4) is 0 Å². The number of aliphatic hydroxyl groups excluding tert-OH is 1. The number of nitrogens with zero attached hydrogens (tertiary/aromatic N) is 1. The third-order valence-electron chi connectivity index (χ3n) is 3.42. The van der Waals surface area contributed by atoms with Gasteiger partial charge >= 0.3 is 0 Å². The fraction of sp³-hybridized carbons (Fsp3) is 0.500. The molecule has 1 heterocycles. The van der Waals surface area contributed by atoms with Gasteiger partial charge in [-0.05, 0) is 43.4 Å². The fourth-order valence-corrected chi connectivity index (χ4v) is 2.47. The maximum absolute atomic E-state index is 13.1. The van der Waals surface area contributed by atoms with E-state index in [-0.39, 0.29) is 18.3 Å². The minimum absolute atomic E-state index is 0.114. The second-order valence-electron chi connectivity index (χ2n) is 4.78. The maximum atomic E-state index is 13.1. The third-order valence-corrected chi connectivity index (χ3v) is 3.42. The van der Waals surface area contributed by atoms with Crippen LogP contribution in [0.4, 0.5) is 4.39 Å². The lowest BCUT2D eigenvalue weighted by atomic mass is 9.94. The molecule has 1 aliphatic rings. The molecule has 4 heteroatoms. The van der Waals surface area contributed by atoms with Gasteiger partial charge in [-0.3, -0.25) is 4.79 Å². The van der Waals surface area contributed by atoms with Crippen LogP contribution >= 0.6 is 0 Å². The molecule has 1 aromatic carbocycles. The predicted octanol–water partition coefficient (Wildman–Crippen LogP) is 2.06. The van der Waals surface area contributed by atoms with E-state index in [0.717, 1.165) is 25.8 Å². The van der Waals surface area contributed by atoms with Crippen molar-refractivity contribution in [1.29, 1.82) is 0 Å². The second kappa shape index (κ2) is 5.96. The highest BCUT2D eigenvalue weighted by molar-refractivity contribution is 5.94. The average molecular weight is 251 g/mol. The van der Waals surface area contributed by atoms with E-state index in [1.54, 1.807) is 17.0 Å². The zero-order valence-electron chi connectivity index (χ0n) is 10.3. The quantitative estimate of drug-likeness (QED) is 0.893. The average Bonchev–Trinajstić information content (AvgIpc) is 2.39. The molecule has 0 radical (unpaired) electrons. The number of likely N-dealkylation sites (tertiary alicyclic amines) is 1. The first-order valence-corrected chi connectivity index (χ1v) is 6.36. The SMILES string of the molecule is O=C(c1cccc(F)c1)N1CCCC(CCO)C1. The van der Waals surface area contributed by atoms with Crippen molar-refractivity contribution in [3.05, 3.63) is 35.6 Å². The monoisotopic (exact) mass is 251 g/mol. The van der Waals surface area contributed by atoms with Gasteiger partial charge in [-0.15, -0.1) is 0 Å². The van der Waals surface area contributed by atoms with Gasteiger partial charge in [0, 0.05) is 25.3 Å². The number of rotatable bonds is 3. The van der Waals surface area contributed by atoms with Crippen molar-refractivity contribution in [2.45, 2.75) is 19.3 Å². The standard InChI is InChI=1S/C14H18FNO2/c15-13-5-1-4-12(9-13)14(18)16-7-2-3-11(10-16)6-8-17/h1,4-5,9,11,17H,2-3,6-8,10H2. The number of benzene rings is 1. The van der Waals surface area contributed by atoms with Crippen LogP contribution in [-0.4, -0.2) is 35.6 Å². The van der Waals surface area contributed by atoms with Crippen molar-refractivity contribution in [2.75, 3.05) is 19.7 Å². The van der Waals surface area contributed by atoms with Gasteiger partial charge in [0.05, 0.1) is 0 Å². The number of amides is 1. The van der Waals surface area contributed by atoms with Gasteiger partial charge in [0.15, 0.2) is 0 Å². The van der Waals surface area contributed by atoms with Gasteiger partial charge in [-0.1, -0.05) is 6.07 Å². The van der Waals surface area contributed by atoms with E-state index in [4.69, 9.17) is 5.11 Å². The number of carbonyl (C=O) groups is 1. The molecule has 1 saturated heterocycles. The Labute approximate surface area is 106 Å². The first-order valence-electron chi connectivity index (χ1n) is 6.36. The largest absolute Gasteiger partial charge is 0.396 e. The molecule has 1 atom stereocenters. The number of hydrogen-bond acceptors (Lipinski definition) is 2. The van der Waals surface area contributed by atoms with Gasteiger partial charge in [-0.25, -0.2) is 4.39 Å². The Bertz CT molecular complexity index is 420. The Kier molecular flexibility index (Phi) is 4.31. The summed E-state index contributed by atoms with van der Waals surface area (Å²) in [6, 6.07) is 5.80. The van der Waals surface area contributed by atoms with Crippen LogP contribution in [0.25, 0.3) is 0 Å². The molecule has 1 fully saturated rings. The molecule has 1 unspecified atom stereocenters. The number of aliphatic hydroxyl groups is 1. The van der Waals surface area contributed by atoms with Crippen LogP contribution in [0.5, 0.6) is 0 Å². The molecule has 1 aliphatic heterocycles. The van der Waals surface area contributed by atoms with E-state index < -0.39 is 0 Å². The Balaban J connectivity index is 2.04. The predicted molar refractivity (Wildman–Crippen MR) is 66.7 cm³/mol. The molecular weight excluding hydrogens is 233 g/mol. The second-order valence-corrected chi connectivity index (χ2v) is 4.78. The lowest BCUT2D eigenvalue weighted by molar-refractivity contribution is 0.0653. The Morgan fingerprint density at radius 2 is 2.33 bits per heavy atom. The van der Waals surface area contributed by atoms with Crippen LogP contribution in [-0.2, 0) is 0 Å². The summed E-state index contributed by atoms with van der Waals surface area (Å²) in [5.74, 6) is -0.136. The van der Waals surface area contributed by atoms with E-state index in [2.05, 4.69) is 0 Å². The van der Waals surface area contributed by atoms with Gasteiger partial charge in [-0.2, -0.15) is 0 Å². The van der Waals surface area contributed by atoms with Gasteiger partial charge in [0.1, 0.15) is 5.82 Å². The molecule has 0 saturated carbocycles. The van der Waals surface area contributed by atoms with Crippen molar-refractivity contribution >= 4 is 5.91 Å². The Morgan fingerprint density at radius 3 is 3.06 bits per heavy atom. The topological polar surface area (TPSA) is 40.5 Å². The highest BCUT2D eigenvalue weighted by atomic mass is 19.1. The number of piperidine rings is 1. The third kappa shape index (κ3) is 3.07. The molecular formula is C14H18FNO2. The minimum atomic E-state index is -0.384. The van der Waals surface area contributed by atoms with Gasteiger partial charge in [0.2, 0.25) is 0 Å². The summed E-state index contributed by atoms with van der Waals surface area (Å²) in [4.78, 5) is 14.0. The number of carbonyl (C=O) groups excluding carboxylic acids is 1. The normalized spacial score (nSPS) is 19.9. The molecule has 1 amide bonds. The molecule has 3 nitrogen and oxygen atoms in total. The van der Waals surface area contributed by atoms with E-state index in [0.29, 0.717) is 18.0 Å². The molecule has 1 aromatic rings. The van der Waals surface area contributed by atoms with E-state index in [1.165, 1.54) is 12.1 Å². The summed E-state index contributed by atoms with van der Waals surface area (Å²) < 4.78 is 13.1. The summed E-state index contributed by atoms with van der Waals surface area (Å²) in [6.45, 7) is 1.54. The first kappa shape index (κ1) is 13.0. The molecule has 0 aromatic heterocycles. The molecule has 2 rings (SSSR count). The Hall–Kier alpha value is -1.42. The van der Waals surface area contributed by atoms with Crippen LogP contribution in [0.3, 0.4) is 0 Å². The Morgan fingerprint density at radius 1 is 1.50 bits per heavy atom. The number of halogens is 1. The van der Waals surface area contributed by atoms with Crippen LogP contribution in [0.1, 0.15) is 29.6 Å². The van der Waals surface area contributed by atoms with Gasteiger partial charge in [0.25, 0.3) is 5.91 Å². The van der Waals surface area contributed by atoms with Crippen molar-refractivity contribution < 1.29 is 14.3 Å². The molecule has 0 spiro atoms. The van der Waals surface area contributed by atoms with Crippen molar-refractivity contribution in [3.63, 3.8) is 0 Å². The molecule has 0 bridgehead atoms. The number of hydrogen-bond donors (Lipinski definition) is 1. The smallest absolute Gasteiger partial charge is 0.253 e. The highest BCUT2D eigenvalue weighted by Gasteiger charge is 2.24. The fourth-order valence-electron chi connectivity index (χ4n) is 2.47. The van der Waals surface area contributed by atoms with E-state index in [1.807, 2.05) is 0 Å². The lowest BCUT2D eigenvalue weighted by Crippen LogP contribution is -2.40. The summed E-state index contributed by atoms with van der Waals surface area (Å²) in [7, 11) is 0. The summed E-state index contributed by atoms with van der Waals surface area (Å²) in [5.41, 5.74) is 0.402. The highest BCUT2D eigenvalue weighted by Crippen LogP contribution is 2.21.